The Labute approximate surface area is 130 Å². The van der Waals surface area contributed by atoms with E-state index < -0.39 is 18.5 Å². The normalized spacial score (nSPS) is 10.1. The Morgan fingerprint density at radius 2 is 2.14 bits per heavy atom. The van der Waals surface area contributed by atoms with Gasteiger partial charge in [0.25, 0.3) is 5.91 Å². The number of esters is 1. The molecule has 0 aliphatic heterocycles. The quantitative estimate of drug-likeness (QED) is 0.828. The monoisotopic (exact) mass is 325 g/mol. The number of thiophene rings is 1. The topological polar surface area (TPSA) is 75.6 Å². The standard InChI is InChI=1S/C14H12ClNO4S/c15-9-3-4-12(17)11(6-9)14(19)20-8-13(18)16-7-10-2-1-5-21-10/h1-6,17H,7-8H2,(H,16,18). The molecule has 21 heavy (non-hydrogen) atoms. The van der Waals surface area contributed by atoms with Gasteiger partial charge in [0.15, 0.2) is 6.61 Å². The fraction of sp³-hybridized carbons (Fsp3) is 0.143. The van der Waals surface area contributed by atoms with E-state index in [-0.39, 0.29) is 11.3 Å². The van der Waals surface area contributed by atoms with Crippen LogP contribution in [0.2, 0.25) is 5.02 Å². The first kappa shape index (κ1) is 15.3. The molecular weight excluding hydrogens is 314 g/mol. The van der Waals surface area contributed by atoms with E-state index in [0.29, 0.717) is 11.6 Å². The van der Waals surface area contributed by atoms with Crippen molar-refractivity contribution in [1.29, 1.82) is 0 Å². The number of hydrogen-bond donors (Lipinski definition) is 2. The molecule has 2 N–H and O–H groups in total. The lowest BCUT2D eigenvalue weighted by Gasteiger charge is -2.07. The van der Waals surface area contributed by atoms with Crippen LogP contribution >= 0.6 is 22.9 Å². The van der Waals surface area contributed by atoms with E-state index in [1.807, 2.05) is 17.5 Å². The zero-order chi connectivity index (χ0) is 15.2. The second-order valence-electron chi connectivity index (χ2n) is 4.09. The number of halogens is 1. The van der Waals surface area contributed by atoms with Gasteiger partial charge < -0.3 is 15.2 Å². The van der Waals surface area contributed by atoms with Crippen molar-refractivity contribution in [1.82, 2.24) is 5.32 Å². The molecule has 2 aromatic rings. The summed E-state index contributed by atoms with van der Waals surface area (Å²) in [6.45, 7) is -0.0351. The molecule has 1 aromatic carbocycles. The van der Waals surface area contributed by atoms with Crippen LogP contribution in [0.4, 0.5) is 0 Å². The zero-order valence-electron chi connectivity index (χ0n) is 10.8. The summed E-state index contributed by atoms with van der Waals surface area (Å²) in [7, 11) is 0. The summed E-state index contributed by atoms with van der Waals surface area (Å²) < 4.78 is 4.83. The number of phenols is 1. The number of amides is 1. The number of rotatable bonds is 5. The molecule has 0 bridgehead atoms. The molecule has 0 radical (unpaired) electrons. The number of phenolic OH excluding ortho intramolecular Hbond substituents is 1. The summed E-state index contributed by atoms with van der Waals surface area (Å²) in [5.74, 6) is -1.47. The van der Waals surface area contributed by atoms with Crippen molar-refractivity contribution in [3.8, 4) is 5.75 Å². The summed E-state index contributed by atoms with van der Waals surface area (Å²) in [4.78, 5) is 24.3. The Bertz CT molecular complexity index is 642. The van der Waals surface area contributed by atoms with Gasteiger partial charge in [-0.15, -0.1) is 11.3 Å². The Morgan fingerprint density at radius 3 is 2.86 bits per heavy atom. The van der Waals surface area contributed by atoms with Gasteiger partial charge in [-0.2, -0.15) is 0 Å². The van der Waals surface area contributed by atoms with Crippen LogP contribution in [-0.2, 0) is 16.1 Å². The minimum atomic E-state index is -0.804. The highest BCUT2D eigenvalue weighted by atomic mass is 35.5. The van der Waals surface area contributed by atoms with Crippen molar-refractivity contribution in [3.63, 3.8) is 0 Å². The highest BCUT2D eigenvalue weighted by molar-refractivity contribution is 7.09. The van der Waals surface area contributed by atoms with Crippen molar-refractivity contribution in [2.24, 2.45) is 0 Å². The molecule has 1 amide bonds. The van der Waals surface area contributed by atoms with Crippen LogP contribution in [-0.4, -0.2) is 23.6 Å². The van der Waals surface area contributed by atoms with E-state index >= 15 is 0 Å². The lowest BCUT2D eigenvalue weighted by molar-refractivity contribution is -0.124. The van der Waals surface area contributed by atoms with Crippen molar-refractivity contribution in [3.05, 3.63) is 51.2 Å². The molecule has 0 aliphatic carbocycles. The van der Waals surface area contributed by atoms with E-state index in [2.05, 4.69) is 5.32 Å². The summed E-state index contributed by atoms with van der Waals surface area (Å²) >= 11 is 7.25. The zero-order valence-corrected chi connectivity index (χ0v) is 12.4. The first-order valence-corrected chi connectivity index (χ1v) is 7.27. The van der Waals surface area contributed by atoms with Crippen LogP contribution in [0.3, 0.4) is 0 Å². The van der Waals surface area contributed by atoms with Crippen molar-refractivity contribution < 1.29 is 19.4 Å². The summed E-state index contributed by atoms with van der Waals surface area (Å²) in [5.41, 5.74) is -0.0754. The molecule has 0 unspecified atom stereocenters. The average molecular weight is 326 g/mol. The number of aromatic hydroxyl groups is 1. The largest absolute Gasteiger partial charge is 0.507 e. The third-order valence-corrected chi connectivity index (χ3v) is 3.66. The number of hydrogen-bond acceptors (Lipinski definition) is 5. The molecule has 5 nitrogen and oxygen atoms in total. The number of nitrogens with one attached hydrogen (secondary N) is 1. The number of carbonyl (C=O) groups is 2. The van der Waals surface area contributed by atoms with E-state index in [1.54, 1.807) is 0 Å². The molecule has 0 fully saturated rings. The first-order valence-electron chi connectivity index (χ1n) is 6.01. The maximum absolute atomic E-state index is 11.7. The molecule has 0 aliphatic rings. The fourth-order valence-corrected chi connectivity index (χ4v) is 2.35. The van der Waals surface area contributed by atoms with Gasteiger partial charge in [0.1, 0.15) is 11.3 Å². The minimum Gasteiger partial charge on any atom is -0.507 e. The Morgan fingerprint density at radius 1 is 1.33 bits per heavy atom. The smallest absolute Gasteiger partial charge is 0.342 e. The fourth-order valence-electron chi connectivity index (χ4n) is 1.53. The third-order valence-electron chi connectivity index (χ3n) is 2.55. The van der Waals surface area contributed by atoms with Gasteiger partial charge in [-0.3, -0.25) is 4.79 Å². The molecular formula is C14H12ClNO4S. The molecule has 0 saturated heterocycles. The van der Waals surface area contributed by atoms with Crippen LogP contribution in [0, 0.1) is 0 Å². The summed E-state index contributed by atoms with van der Waals surface area (Å²) in [6, 6.07) is 7.79. The van der Waals surface area contributed by atoms with Gasteiger partial charge in [0, 0.05) is 9.90 Å². The van der Waals surface area contributed by atoms with Crippen LogP contribution in [0.5, 0.6) is 5.75 Å². The van der Waals surface area contributed by atoms with Crippen LogP contribution < -0.4 is 5.32 Å². The molecule has 1 heterocycles. The van der Waals surface area contributed by atoms with Gasteiger partial charge in [-0.05, 0) is 29.6 Å². The molecule has 0 atom stereocenters. The number of carbonyl (C=O) groups excluding carboxylic acids is 2. The molecule has 2 rings (SSSR count). The molecule has 1 aromatic heterocycles. The number of ether oxygens (including phenoxy) is 1. The molecule has 110 valence electrons. The highest BCUT2D eigenvalue weighted by Gasteiger charge is 2.14. The van der Waals surface area contributed by atoms with Crippen LogP contribution in [0.1, 0.15) is 15.2 Å². The summed E-state index contributed by atoms with van der Waals surface area (Å²) in [6.07, 6.45) is 0. The van der Waals surface area contributed by atoms with E-state index in [1.165, 1.54) is 29.5 Å². The summed E-state index contributed by atoms with van der Waals surface area (Å²) in [5, 5.41) is 14.4. The van der Waals surface area contributed by atoms with Crippen molar-refractivity contribution >= 4 is 34.8 Å². The first-order chi connectivity index (χ1) is 10.1. The van der Waals surface area contributed by atoms with E-state index in [0.717, 1.165) is 4.88 Å². The van der Waals surface area contributed by atoms with Crippen LogP contribution in [0.25, 0.3) is 0 Å². The predicted octanol–water partition coefficient (Wildman–Crippen LogP) is 2.58. The van der Waals surface area contributed by atoms with Crippen LogP contribution in [0.15, 0.2) is 35.7 Å². The van der Waals surface area contributed by atoms with Gasteiger partial charge in [-0.25, -0.2) is 4.79 Å². The maximum Gasteiger partial charge on any atom is 0.342 e. The van der Waals surface area contributed by atoms with Crippen molar-refractivity contribution in [2.45, 2.75) is 6.54 Å². The third kappa shape index (κ3) is 4.47. The van der Waals surface area contributed by atoms with Gasteiger partial charge in [-0.1, -0.05) is 17.7 Å². The second-order valence-corrected chi connectivity index (χ2v) is 5.56. The highest BCUT2D eigenvalue weighted by Crippen LogP contribution is 2.22. The second kappa shape index (κ2) is 7.10. The minimum absolute atomic E-state index is 0.0754. The molecule has 0 spiro atoms. The molecule has 0 saturated carbocycles. The average Bonchev–Trinajstić information content (AvgIpc) is 2.98. The Hall–Kier alpha value is -2.05. The molecule has 7 heteroatoms. The Balaban J connectivity index is 1.83. The van der Waals surface area contributed by atoms with Gasteiger partial charge in [0.2, 0.25) is 0 Å². The number of benzene rings is 1. The predicted molar refractivity (Wildman–Crippen MR) is 79.6 cm³/mol. The van der Waals surface area contributed by atoms with Gasteiger partial charge in [0.05, 0.1) is 6.54 Å². The van der Waals surface area contributed by atoms with Gasteiger partial charge >= 0.3 is 5.97 Å². The lowest BCUT2D eigenvalue weighted by Crippen LogP contribution is -2.28. The van der Waals surface area contributed by atoms with E-state index in [9.17, 15) is 14.7 Å². The Kier molecular flexibility index (Phi) is 5.19. The van der Waals surface area contributed by atoms with Crippen molar-refractivity contribution in [2.75, 3.05) is 6.61 Å². The van der Waals surface area contributed by atoms with E-state index in [4.69, 9.17) is 16.3 Å². The SMILES string of the molecule is O=C(COC(=O)c1cc(Cl)ccc1O)NCc1cccs1. The lowest BCUT2D eigenvalue weighted by atomic mass is 10.2. The maximum atomic E-state index is 11.7.